The number of nitrogens with zero attached hydrogens (tertiary/aromatic N) is 2. The van der Waals surface area contributed by atoms with Gasteiger partial charge in [-0.3, -0.25) is 10.1 Å². The van der Waals surface area contributed by atoms with Gasteiger partial charge in [-0.15, -0.1) is 0 Å². The number of anilines is 1. The summed E-state index contributed by atoms with van der Waals surface area (Å²) in [5.41, 5.74) is 3.20. The topological polar surface area (TPSA) is 53.6 Å². The van der Waals surface area contributed by atoms with E-state index in [0.717, 1.165) is 33.2 Å². The van der Waals surface area contributed by atoms with Gasteiger partial charge >= 0.3 is 0 Å². The first-order chi connectivity index (χ1) is 8.83. The van der Waals surface area contributed by atoms with Gasteiger partial charge in [0, 0.05) is 28.8 Å². The van der Waals surface area contributed by atoms with Crippen LogP contribution in [0.1, 0.15) is 5.56 Å². The van der Waals surface area contributed by atoms with Crippen LogP contribution in [0, 0.1) is 0 Å². The van der Waals surface area contributed by atoms with Gasteiger partial charge in [-0.1, -0.05) is 12.1 Å². The van der Waals surface area contributed by atoms with Gasteiger partial charge < -0.3 is 5.32 Å². The summed E-state index contributed by atoms with van der Waals surface area (Å²) in [4.78, 5) is 4.14. The second kappa shape index (κ2) is 4.78. The molecule has 0 radical (unpaired) electrons. The zero-order valence-corrected chi connectivity index (χ0v) is 11.1. The summed E-state index contributed by atoms with van der Waals surface area (Å²) in [6, 6.07) is 8.13. The Bertz CT molecular complexity index is 677. The van der Waals surface area contributed by atoms with Crippen LogP contribution in [-0.2, 0) is 6.54 Å². The lowest BCUT2D eigenvalue weighted by atomic mass is 10.2. The Morgan fingerprint density at radius 2 is 2.17 bits per heavy atom. The van der Waals surface area contributed by atoms with Crippen LogP contribution in [0.2, 0.25) is 0 Å². The van der Waals surface area contributed by atoms with Crippen molar-refractivity contribution in [2.45, 2.75) is 6.54 Å². The lowest BCUT2D eigenvalue weighted by molar-refractivity contribution is 1.09. The smallest absolute Gasteiger partial charge is 0.0881 e. The molecule has 1 aromatic carbocycles. The number of para-hydroxylation sites is 1. The number of aromatic amines is 1. The summed E-state index contributed by atoms with van der Waals surface area (Å²) in [6.07, 6.45) is 5.45. The van der Waals surface area contributed by atoms with Gasteiger partial charge in [-0.2, -0.15) is 5.10 Å². The van der Waals surface area contributed by atoms with E-state index >= 15 is 0 Å². The number of rotatable bonds is 3. The van der Waals surface area contributed by atoms with Crippen LogP contribution in [-0.4, -0.2) is 15.2 Å². The van der Waals surface area contributed by atoms with Gasteiger partial charge in [0.25, 0.3) is 0 Å². The quantitative estimate of drug-likeness (QED) is 0.780. The number of nitrogens with one attached hydrogen (secondary N) is 2. The Morgan fingerprint density at radius 1 is 1.22 bits per heavy atom. The van der Waals surface area contributed by atoms with Crippen molar-refractivity contribution in [3.63, 3.8) is 0 Å². The van der Waals surface area contributed by atoms with Crippen LogP contribution in [0.5, 0.6) is 0 Å². The number of aromatic nitrogens is 3. The Balaban J connectivity index is 1.83. The Morgan fingerprint density at radius 3 is 3.06 bits per heavy atom. The first kappa shape index (κ1) is 11.2. The molecule has 0 atom stereocenters. The molecule has 0 amide bonds. The summed E-state index contributed by atoms with van der Waals surface area (Å²) in [5, 5.41) is 11.5. The first-order valence-corrected chi connectivity index (χ1v) is 6.37. The molecular weight excluding hydrogens is 292 g/mol. The highest BCUT2D eigenvalue weighted by atomic mass is 79.9. The van der Waals surface area contributed by atoms with Crippen molar-refractivity contribution in [2.24, 2.45) is 0 Å². The van der Waals surface area contributed by atoms with Crippen LogP contribution in [0.15, 0.2) is 47.3 Å². The van der Waals surface area contributed by atoms with Gasteiger partial charge in [0.1, 0.15) is 0 Å². The molecular formula is C13H11BrN4. The van der Waals surface area contributed by atoms with Gasteiger partial charge in [-0.25, -0.2) is 0 Å². The Labute approximate surface area is 113 Å². The molecule has 2 aromatic heterocycles. The molecule has 2 N–H and O–H groups in total. The lowest BCUT2D eigenvalue weighted by Gasteiger charge is -2.07. The van der Waals surface area contributed by atoms with E-state index < -0.39 is 0 Å². The summed E-state index contributed by atoms with van der Waals surface area (Å²) < 4.78 is 0.988. The van der Waals surface area contributed by atoms with Crippen LogP contribution in [0.4, 0.5) is 5.69 Å². The average molecular weight is 303 g/mol. The predicted octanol–water partition coefficient (Wildman–Crippen LogP) is 3.33. The number of pyridine rings is 1. The van der Waals surface area contributed by atoms with Crippen LogP contribution >= 0.6 is 15.9 Å². The Kier molecular flexibility index (Phi) is 2.98. The van der Waals surface area contributed by atoms with Gasteiger partial charge in [0.15, 0.2) is 0 Å². The van der Waals surface area contributed by atoms with Crippen molar-refractivity contribution in [2.75, 3.05) is 5.32 Å². The van der Waals surface area contributed by atoms with Crippen molar-refractivity contribution in [1.29, 1.82) is 0 Å². The number of hydrogen-bond acceptors (Lipinski definition) is 3. The lowest BCUT2D eigenvalue weighted by Crippen LogP contribution is -2.00. The number of fused-ring (bicyclic) bond motifs is 1. The fourth-order valence-corrected chi connectivity index (χ4v) is 2.28. The minimum atomic E-state index is 0.727. The highest BCUT2D eigenvalue weighted by Crippen LogP contribution is 2.21. The molecule has 90 valence electrons. The number of hydrogen-bond donors (Lipinski definition) is 2. The second-order valence-electron chi connectivity index (χ2n) is 4.00. The van der Waals surface area contributed by atoms with Crippen LogP contribution in [0.3, 0.4) is 0 Å². The number of H-pyrrole nitrogens is 1. The highest BCUT2D eigenvalue weighted by molar-refractivity contribution is 9.10. The minimum absolute atomic E-state index is 0.727. The van der Waals surface area contributed by atoms with E-state index in [9.17, 15) is 0 Å². The van der Waals surface area contributed by atoms with E-state index in [4.69, 9.17) is 0 Å². The number of halogens is 1. The third-order valence-electron chi connectivity index (χ3n) is 2.72. The maximum Gasteiger partial charge on any atom is 0.0881 e. The van der Waals surface area contributed by atoms with Gasteiger partial charge in [0.05, 0.1) is 17.4 Å². The molecule has 4 nitrogen and oxygen atoms in total. The maximum absolute atomic E-state index is 4.14. The zero-order valence-electron chi connectivity index (χ0n) is 9.52. The summed E-state index contributed by atoms with van der Waals surface area (Å²) in [5.74, 6) is 0. The van der Waals surface area contributed by atoms with Crippen molar-refractivity contribution >= 4 is 32.5 Å². The third kappa shape index (κ3) is 2.22. The normalized spacial score (nSPS) is 10.7. The van der Waals surface area contributed by atoms with Crippen molar-refractivity contribution in [3.8, 4) is 0 Å². The molecule has 0 bridgehead atoms. The maximum atomic E-state index is 4.14. The van der Waals surface area contributed by atoms with E-state index in [2.05, 4.69) is 36.4 Å². The van der Waals surface area contributed by atoms with Crippen molar-refractivity contribution in [1.82, 2.24) is 15.2 Å². The van der Waals surface area contributed by atoms with E-state index in [1.54, 1.807) is 6.20 Å². The molecule has 18 heavy (non-hydrogen) atoms. The summed E-state index contributed by atoms with van der Waals surface area (Å²) >= 11 is 3.42. The third-order valence-corrected chi connectivity index (χ3v) is 3.15. The van der Waals surface area contributed by atoms with E-state index in [1.807, 2.05) is 36.7 Å². The van der Waals surface area contributed by atoms with E-state index in [1.165, 1.54) is 0 Å². The standard InChI is InChI=1S/C13H11BrN4/c14-11-4-9(5-15-8-11)6-16-12-3-1-2-10-7-17-18-13(10)12/h1-5,7-8,16H,6H2,(H,17,18). The fraction of sp³-hybridized carbons (Fsp3) is 0.0769. The molecule has 0 saturated carbocycles. The van der Waals surface area contributed by atoms with E-state index in [0.29, 0.717) is 0 Å². The average Bonchev–Trinajstić information content (AvgIpc) is 2.85. The molecule has 0 saturated heterocycles. The predicted molar refractivity (Wildman–Crippen MR) is 75.4 cm³/mol. The Hall–Kier alpha value is -1.88. The van der Waals surface area contributed by atoms with E-state index in [-0.39, 0.29) is 0 Å². The molecule has 3 rings (SSSR count). The highest BCUT2D eigenvalue weighted by Gasteiger charge is 2.02. The van der Waals surface area contributed by atoms with Gasteiger partial charge in [-0.05, 0) is 33.6 Å². The minimum Gasteiger partial charge on any atom is -0.379 e. The van der Waals surface area contributed by atoms with Crippen LogP contribution < -0.4 is 5.32 Å². The van der Waals surface area contributed by atoms with Gasteiger partial charge in [0.2, 0.25) is 0 Å². The van der Waals surface area contributed by atoms with Crippen molar-refractivity contribution in [3.05, 3.63) is 52.9 Å². The number of benzene rings is 1. The second-order valence-corrected chi connectivity index (χ2v) is 4.92. The monoisotopic (exact) mass is 302 g/mol. The molecule has 0 aliphatic heterocycles. The molecule has 5 heteroatoms. The SMILES string of the molecule is Brc1cncc(CNc2cccc3cn[nH]c23)c1. The largest absolute Gasteiger partial charge is 0.379 e. The summed E-state index contributed by atoms with van der Waals surface area (Å²) in [7, 11) is 0. The molecule has 3 aromatic rings. The molecule has 0 aliphatic rings. The zero-order chi connectivity index (χ0) is 12.4. The fourth-order valence-electron chi connectivity index (χ4n) is 1.87. The molecule has 0 spiro atoms. The first-order valence-electron chi connectivity index (χ1n) is 5.58. The van der Waals surface area contributed by atoms with Crippen molar-refractivity contribution < 1.29 is 0 Å². The van der Waals surface area contributed by atoms with Crippen LogP contribution in [0.25, 0.3) is 10.9 Å². The molecule has 0 aliphatic carbocycles. The molecule has 0 fully saturated rings. The molecule has 2 heterocycles. The summed E-state index contributed by atoms with van der Waals surface area (Å²) in [6.45, 7) is 0.727. The molecule has 0 unspecified atom stereocenters.